The number of ether oxygens (including phenoxy) is 2. The van der Waals surface area contributed by atoms with Crippen molar-refractivity contribution < 1.29 is 9.47 Å². The summed E-state index contributed by atoms with van der Waals surface area (Å²) in [5.41, 5.74) is 8.95. The van der Waals surface area contributed by atoms with Gasteiger partial charge in [-0.05, 0) is 30.9 Å². The topological polar surface area (TPSA) is 44.5 Å². The van der Waals surface area contributed by atoms with Gasteiger partial charge in [0.15, 0.2) is 11.5 Å². The summed E-state index contributed by atoms with van der Waals surface area (Å²) < 4.78 is 12.9. The fourth-order valence-electron chi connectivity index (χ4n) is 3.47. The highest BCUT2D eigenvalue weighted by Gasteiger charge is 2.36. The Hall–Kier alpha value is -0.740. The summed E-state index contributed by atoms with van der Waals surface area (Å²) in [4.78, 5) is 0. The first-order valence-electron chi connectivity index (χ1n) is 7.56. The third-order valence-electron chi connectivity index (χ3n) is 4.44. The van der Waals surface area contributed by atoms with Crippen LogP contribution < -0.4 is 15.2 Å². The second kappa shape index (κ2) is 5.57. The van der Waals surface area contributed by atoms with Gasteiger partial charge in [0.2, 0.25) is 0 Å². The van der Waals surface area contributed by atoms with Gasteiger partial charge in [-0.1, -0.05) is 35.7 Å². The van der Waals surface area contributed by atoms with Crippen molar-refractivity contribution in [3.8, 4) is 11.5 Å². The lowest BCUT2D eigenvalue weighted by Gasteiger charge is -2.30. The molecule has 0 aromatic heterocycles. The van der Waals surface area contributed by atoms with E-state index >= 15 is 0 Å². The van der Waals surface area contributed by atoms with E-state index < -0.39 is 0 Å². The van der Waals surface area contributed by atoms with E-state index in [2.05, 4.69) is 22.9 Å². The van der Waals surface area contributed by atoms with Crippen molar-refractivity contribution in [1.29, 1.82) is 0 Å². The monoisotopic (exact) mass is 339 g/mol. The molecule has 0 spiro atoms. The smallest absolute Gasteiger partial charge is 0.164 e. The van der Waals surface area contributed by atoms with Gasteiger partial charge in [-0.2, -0.15) is 0 Å². The van der Waals surface area contributed by atoms with Crippen LogP contribution in [0.15, 0.2) is 10.5 Å². The molecule has 1 aliphatic heterocycles. The fourth-order valence-corrected chi connectivity index (χ4v) is 4.31. The van der Waals surface area contributed by atoms with Crippen molar-refractivity contribution in [2.75, 3.05) is 13.2 Å². The Morgan fingerprint density at radius 2 is 1.90 bits per heavy atom. The third-order valence-corrected chi connectivity index (χ3v) is 5.06. The summed E-state index contributed by atoms with van der Waals surface area (Å²) in [6.07, 6.45) is 6.37. The molecule has 1 aliphatic carbocycles. The van der Waals surface area contributed by atoms with Gasteiger partial charge >= 0.3 is 0 Å². The van der Waals surface area contributed by atoms with Crippen LogP contribution >= 0.6 is 15.9 Å². The van der Waals surface area contributed by atoms with Gasteiger partial charge in [0.25, 0.3) is 0 Å². The number of halogens is 1. The normalized spacial score (nSPS) is 20.8. The summed E-state index contributed by atoms with van der Waals surface area (Å²) >= 11 is 3.72. The number of rotatable bonds is 2. The summed E-state index contributed by atoms with van der Waals surface area (Å²) in [6.45, 7) is 3.60. The molecule has 2 N–H and O–H groups in total. The number of fused-ring (bicyclic) bond motifs is 1. The van der Waals surface area contributed by atoms with E-state index in [0.717, 1.165) is 54.9 Å². The molecule has 0 unspecified atom stereocenters. The van der Waals surface area contributed by atoms with E-state index in [1.54, 1.807) is 0 Å². The molecule has 1 heterocycles. The molecule has 0 saturated heterocycles. The molecule has 0 radical (unpaired) electrons. The van der Waals surface area contributed by atoms with Gasteiger partial charge in [-0.15, -0.1) is 0 Å². The van der Waals surface area contributed by atoms with Crippen LogP contribution in [-0.2, 0) is 12.0 Å². The summed E-state index contributed by atoms with van der Waals surface area (Å²) in [5.74, 6) is 1.77. The summed E-state index contributed by atoms with van der Waals surface area (Å²) in [5, 5.41) is 0. The van der Waals surface area contributed by atoms with E-state index in [4.69, 9.17) is 15.2 Å². The molecule has 0 bridgehead atoms. The summed E-state index contributed by atoms with van der Waals surface area (Å²) in [6, 6.07) is 2.04. The van der Waals surface area contributed by atoms with E-state index in [1.807, 2.05) is 6.07 Å². The minimum absolute atomic E-state index is 0.213. The zero-order valence-corrected chi connectivity index (χ0v) is 13.6. The molecular formula is C16H22BrNO2. The molecule has 0 atom stereocenters. The van der Waals surface area contributed by atoms with Gasteiger partial charge in [0.1, 0.15) is 0 Å². The second-order valence-corrected chi connectivity index (χ2v) is 6.66. The lowest BCUT2D eigenvalue weighted by atomic mass is 9.84. The molecule has 4 heteroatoms. The quantitative estimate of drug-likeness (QED) is 0.888. The maximum atomic E-state index is 6.70. The number of benzene rings is 1. The Bertz CT molecular complexity index is 510. The van der Waals surface area contributed by atoms with E-state index in [-0.39, 0.29) is 5.54 Å². The Morgan fingerprint density at radius 3 is 2.60 bits per heavy atom. The second-order valence-electron chi connectivity index (χ2n) is 5.81. The molecule has 110 valence electrons. The van der Waals surface area contributed by atoms with Crippen LogP contribution in [-0.4, -0.2) is 13.2 Å². The van der Waals surface area contributed by atoms with Crippen molar-refractivity contribution in [1.82, 2.24) is 0 Å². The standard InChI is InChI=1S/C16H22BrNO2/c1-2-11-14(16(18)6-3-4-7-16)12(17)10-13-15(11)20-9-5-8-19-13/h10H,2-9,18H2,1H3. The minimum atomic E-state index is -0.213. The van der Waals surface area contributed by atoms with Crippen molar-refractivity contribution in [2.45, 2.75) is 51.0 Å². The average molecular weight is 340 g/mol. The molecule has 3 rings (SSSR count). The maximum Gasteiger partial charge on any atom is 0.164 e. The Balaban J connectivity index is 2.16. The first kappa shape index (κ1) is 14.2. The highest BCUT2D eigenvalue weighted by atomic mass is 79.9. The van der Waals surface area contributed by atoms with E-state index in [9.17, 15) is 0 Å². The SMILES string of the molecule is CCc1c2c(cc(Br)c1C1(N)CCCC1)OCCCO2. The molecule has 20 heavy (non-hydrogen) atoms. The number of hydrogen-bond donors (Lipinski definition) is 1. The third kappa shape index (κ3) is 2.33. The van der Waals surface area contributed by atoms with Crippen LogP contribution in [0.25, 0.3) is 0 Å². The molecule has 0 amide bonds. The largest absolute Gasteiger partial charge is 0.490 e. The molecule has 3 nitrogen and oxygen atoms in total. The minimum Gasteiger partial charge on any atom is -0.490 e. The maximum absolute atomic E-state index is 6.70. The lowest BCUT2D eigenvalue weighted by Crippen LogP contribution is -2.35. The molecule has 1 saturated carbocycles. The Labute approximate surface area is 129 Å². The van der Waals surface area contributed by atoms with Crippen molar-refractivity contribution in [3.05, 3.63) is 21.7 Å². The lowest BCUT2D eigenvalue weighted by molar-refractivity contribution is 0.296. The first-order chi connectivity index (χ1) is 9.65. The van der Waals surface area contributed by atoms with Gasteiger partial charge in [-0.3, -0.25) is 0 Å². The highest BCUT2D eigenvalue weighted by Crippen LogP contribution is 2.47. The van der Waals surface area contributed by atoms with Gasteiger partial charge in [0, 0.05) is 22.0 Å². The number of hydrogen-bond acceptors (Lipinski definition) is 3. The van der Waals surface area contributed by atoms with Crippen LogP contribution in [0.1, 0.15) is 50.2 Å². The zero-order valence-electron chi connectivity index (χ0n) is 12.0. The average Bonchev–Trinajstić information content (AvgIpc) is 2.73. The van der Waals surface area contributed by atoms with Crippen LogP contribution in [0.2, 0.25) is 0 Å². The van der Waals surface area contributed by atoms with Gasteiger partial charge in [0.05, 0.1) is 13.2 Å². The molecule has 1 aromatic rings. The van der Waals surface area contributed by atoms with Crippen LogP contribution in [0.4, 0.5) is 0 Å². The van der Waals surface area contributed by atoms with Crippen LogP contribution in [0.5, 0.6) is 11.5 Å². The van der Waals surface area contributed by atoms with Crippen molar-refractivity contribution in [3.63, 3.8) is 0 Å². The Kier molecular flexibility index (Phi) is 3.95. The van der Waals surface area contributed by atoms with E-state index in [0.29, 0.717) is 0 Å². The van der Waals surface area contributed by atoms with Crippen molar-refractivity contribution in [2.24, 2.45) is 5.73 Å². The number of nitrogens with two attached hydrogens (primary N) is 1. The van der Waals surface area contributed by atoms with Crippen LogP contribution in [0.3, 0.4) is 0 Å². The Morgan fingerprint density at radius 1 is 1.20 bits per heavy atom. The van der Waals surface area contributed by atoms with Gasteiger partial charge < -0.3 is 15.2 Å². The first-order valence-corrected chi connectivity index (χ1v) is 8.35. The molecule has 1 fully saturated rings. The fraction of sp³-hybridized carbons (Fsp3) is 0.625. The summed E-state index contributed by atoms with van der Waals surface area (Å²) in [7, 11) is 0. The predicted molar refractivity (Wildman–Crippen MR) is 83.5 cm³/mol. The molecular weight excluding hydrogens is 318 g/mol. The highest BCUT2D eigenvalue weighted by molar-refractivity contribution is 9.10. The molecule has 2 aliphatic rings. The van der Waals surface area contributed by atoms with Crippen molar-refractivity contribution >= 4 is 15.9 Å². The zero-order chi connectivity index (χ0) is 14.2. The predicted octanol–water partition coefficient (Wildman–Crippen LogP) is 3.90. The molecule has 1 aromatic carbocycles. The van der Waals surface area contributed by atoms with Gasteiger partial charge in [-0.25, -0.2) is 0 Å². The van der Waals surface area contributed by atoms with Crippen LogP contribution in [0, 0.1) is 0 Å². The van der Waals surface area contributed by atoms with E-state index in [1.165, 1.54) is 24.0 Å².